The van der Waals surface area contributed by atoms with E-state index in [9.17, 15) is 17.6 Å². The fourth-order valence-electron chi connectivity index (χ4n) is 2.98. The van der Waals surface area contributed by atoms with Crippen LogP contribution in [0.15, 0.2) is 41.3 Å². The van der Waals surface area contributed by atoms with E-state index in [0.717, 1.165) is 6.07 Å². The number of benzene rings is 2. The number of para-hydroxylation sites is 1. The Morgan fingerprint density at radius 3 is 2.72 bits per heavy atom. The molecule has 29 heavy (non-hydrogen) atoms. The summed E-state index contributed by atoms with van der Waals surface area (Å²) >= 11 is 5.94. The Balaban J connectivity index is 0.00000300. The molecule has 0 unspecified atom stereocenters. The van der Waals surface area contributed by atoms with E-state index in [1.165, 1.54) is 37.4 Å². The van der Waals surface area contributed by atoms with Gasteiger partial charge in [-0.1, -0.05) is 17.7 Å². The molecule has 1 N–H and O–H groups in total. The average molecular weight is 462 g/mol. The van der Waals surface area contributed by atoms with Crippen molar-refractivity contribution in [3.05, 3.63) is 52.8 Å². The van der Waals surface area contributed by atoms with Crippen molar-refractivity contribution in [3.63, 3.8) is 0 Å². The maximum atomic E-state index is 14.0. The number of nitrogens with one attached hydrogen (secondary N) is 1. The second-order valence-corrected chi connectivity index (χ2v) is 8.87. The summed E-state index contributed by atoms with van der Waals surface area (Å²) in [6.07, 6.45) is 0.675. The molecule has 6 nitrogen and oxygen atoms in total. The highest BCUT2D eigenvalue weighted by molar-refractivity contribution is 7.91. The van der Waals surface area contributed by atoms with Crippen LogP contribution in [0.4, 0.5) is 10.1 Å². The maximum Gasteiger partial charge on any atom is 0.259 e. The molecule has 1 amide bonds. The highest BCUT2D eigenvalue weighted by Crippen LogP contribution is 2.29. The van der Waals surface area contributed by atoms with Crippen LogP contribution in [0.25, 0.3) is 0 Å². The highest BCUT2D eigenvalue weighted by Gasteiger charge is 2.26. The van der Waals surface area contributed by atoms with Gasteiger partial charge in [0.25, 0.3) is 5.91 Å². The Hall–Kier alpha value is -1.81. The lowest BCUT2D eigenvalue weighted by Gasteiger charge is -2.14. The van der Waals surface area contributed by atoms with Gasteiger partial charge in [0.1, 0.15) is 11.6 Å². The first-order valence-electron chi connectivity index (χ1n) is 8.55. The quantitative estimate of drug-likeness (QED) is 0.709. The van der Waals surface area contributed by atoms with Gasteiger partial charge < -0.3 is 14.8 Å². The molecule has 2 aromatic rings. The van der Waals surface area contributed by atoms with Gasteiger partial charge in [-0.25, -0.2) is 12.8 Å². The van der Waals surface area contributed by atoms with E-state index in [0.29, 0.717) is 19.6 Å². The third-order valence-corrected chi connectivity index (χ3v) is 6.65. The van der Waals surface area contributed by atoms with Gasteiger partial charge in [-0.3, -0.25) is 4.79 Å². The summed E-state index contributed by atoms with van der Waals surface area (Å²) in [4.78, 5) is 12.7. The van der Waals surface area contributed by atoms with Gasteiger partial charge in [0, 0.05) is 6.61 Å². The summed E-state index contributed by atoms with van der Waals surface area (Å²) in [7, 11) is -2.28. The van der Waals surface area contributed by atoms with Crippen molar-refractivity contribution in [2.45, 2.75) is 11.3 Å². The molecule has 3 rings (SSSR count). The number of rotatable bonds is 6. The van der Waals surface area contributed by atoms with Crippen LogP contribution in [0.2, 0.25) is 5.02 Å². The normalized spacial score (nSPS) is 16.2. The molecule has 1 atom stereocenters. The average Bonchev–Trinajstić information content (AvgIpc) is 3.16. The van der Waals surface area contributed by atoms with Crippen LogP contribution in [0.5, 0.6) is 5.75 Å². The first-order chi connectivity index (χ1) is 13.3. The van der Waals surface area contributed by atoms with Gasteiger partial charge in [0.2, 0.25) is 0 Å². The Labute approximate surface area is 180 Å². The molecule has 1 aliphatic rings. The van der Waals surface area contributed by atoms with E-state index in [2.05, 4.69) is 5.32 Å². The molecular formula is C19H21ClFNO5S2. The molecular weight excluding hydrogens is 441 g/mol. The zero-order chi connectivity index (χ0) is 20.3. The number of halogens is 2. The zero-order valence-corrected chi connectivity index (χ0v) is 18.1. The molecule has 0 aromatic heterocycles. The number of carbonyl (C=O) groups is 1. The van der Waals surface area contributed by atoms with Crippen LogP contribution in [0.3, 0.4) is 0 Å². The van der Waals surface area contributed by atoms with Crippen LogP contribution >= 0.6 is 25.1 Å². The van der Waals surface area contributed by atoms with Gasteiger partial charge in [-0.05, 0) is 42.7 Å². The van der Waals surface area contributed by atoms with Crippen LogP contribution in [-0.4, -0.2) is 40.4 Å². The predicted molar refractivity (Wildman–Crippen MR) is 114 cm³/mol. The first kappa shape index (κ1) is 23.5. The van der Waals surface area contributed by atoms with Crippen molar-refractivity contribution >= 4 is 46.5 Å². The zero-order valence-electron chi connectivity index (χ0n) is 15.6. The molecule has 0 spiro atoms. The van der Waals surface area contributed by atoms with Crippen molar-refractivity contribution in [3.8, 4) is 5.75 Å². The second-order valence-electron chi connectivity index (χ2n) is 6.42. The van der Waals surface area contributed by atoms with Crippen LogP contribution in [0.1, 0.15) is 16.8 Å². The summed E-state index contributed by atoms with van der Waals surface area (Å²) in [5.41, 5.74) is -0.224. The minimum Gasteiger partial charge on any atom is -0.496 e. The van der Waals surface area contributed by atoms with Gasteiger partial charge in [0.05, 0.1) is 40.6 Å². The lowest BCUT2D eigenvalue weighted by Crippen LogP contribution is -2.18. The number of hydrogen-bond donors (Lipinski definition) is 1. The van der Waals surface area contributed by atoms with E-state index in [1.54, 1.807) is 0 Å². The summed E-state index contributed by atoms with van der Waals surface area (Å²) in [6.45, 7) is 0.939. The highest BCUT2D eigenvalue weighted by atomic mass is 35.5. The van der Waals surface area contributed by atoms with E-state index in [1.807, 2.05) is 0 Å². The predicted octanol–water partition coefficient (Wildman–Crippen LogP) is 3.66. The third-order valence-electron chi connectivity index (χ3n) is 4.46. The minimum absolute atomic E-state index is 0. The van der Waals surface area contributed by atoms with Crippen molar-refractivity contribution in [2.24, 2.45) is 5.92 Å². The van der Waals surface area contributed by atoms with E-state index >= 15 is 0 Å². The van der Waals surface area contributed by atoms with E-state index in [4.69, 9.17) is 21.1 Å². The molecule has 10 heteroatoms. The lowest BCUT2D eigenvalue weighted by molar-refractivity contribution is 0.102. The first-order valence-corrected chi connectivity index (χ1v) is 10.6. The molecule has 158 valence electrons. The van der Waals surface area contributed by atoms with Gasteiger partial charge in [-0.15, -0.1) is 0 Å². The molecule has 0 bridgehead atoms. The summed E-state index contributed by atoms with van der Waals surface area (Å²) < 4.78 is 49.8. The minimum atomic E-state index is -3.63. The molecule has 1 saturated heterocycles. The van der Waals surface area contributed by atoms with Crippen molar-refractivity contribution < 1.29 is 27.1 Å². The van der Waals surface area contributed by atoms with Crippen LogP contribution in [-0.2, 0) is 14.6 Å². The molecule has 1 aliphatic heterocycles. The van der Waals surface area contributed by atoms with Crippen LogP contribution in [0, 0.1) is 11.7 Å². The Morgan fingerprint density at radius 1 is 1.34 bits per heavy atom. The number of carbonyl (C=O) groups excluding carboxylic acids is 1. The third kappa shape index (κ3) is 5.42. The van der Waals surface area contributed by atoms with Gasteiger partial charge in [-0.2, -0.15) is 13.5 Å². The number of amides is 1. The maximum absolute atomic E-state index is 14.0. The number of methoxy groups -OCH3 is 1. The number of sulfone groups is 1. The molecule has 1 heterocycles. The molecule has 0 saturated carbocycles. The largest absolute Gasteiger partial charge is 0.496 e. The van der Waals surface area contributed by atoms with E-state index < -0.39 is 21.6 Å². The summed E-state index contributed by atoms with van der Waals surface area (Å²) in [5.74, 6) is -1.43. The number of hydrogen-bond acceptors (Lipinski definition) is 5. The number of ether oxygens (including phenoxy) is 2. The Morgan fingerprint density at radius 2 is 2.10 bits per heavy atom. The number of anilines is 1. The van der Waals surface area contributed by atoms with Gasteiger partial charge >= 0.3 is 0 Å². The monoisotopic (exact) mass is 461 g/mol. The summed E-state index contributed by atoms with van der Waals surface area (Å²) in [5, 5.41) is 2.41. The molecule has 2 aromatic carbocycles. The van der Waals surface area contributed by atoms with E-state index in [-0.39, 0.29) is 52.1 Å². The topological polar surface area (TPSA) is 81.7 Å². The van der Waals surface area contributed by atoms with Crippen LogP contribution < -0.4 is 10.1 Å². The van der Waals surface area contributed by atoms with Crippen molar-refractivity contribution in [2.75, 3.05) is 31.4 Å². The van der Waals surface area contributed by atoms with Crippen molar-refractivity contribution in [1.29, 1.82) is 0 Å². The van der Waals surface area contributed by atoms with Gasteiger partial charge in [0.15, 0.2) is 9.84 Å². The fraction of sp³-hybridized carbons (Fsp3) is 0.316. The lowest BCUT2D eigenvalue weighted by atomic mass is 10.1. The molecule has 0 radical (unpaired) electrons. The summed E-state index contributed by atoms with van der Waals surface area (Å²) in [6, 6.07) is 8.01. The Bertz CT molecular complexity index is 974. The second kappa shape index (κ2) is 9.80. The van der Waals surface area contributed by atoms with Crippen molar-refractivity contribution in [1.82, 2.24) is 0 Å². The fourth-order valence-corrected chi connectivity index (χ4v) is 4.84. The SMILES string of the molecule is COc1ccc(S(=O)(=O)C[C@H]2CCOC2)cc1C(=O)Nc1c(F)cccc1Cl.S. The smallest absolute Gasteiger partial charge is 0.259 e. The Kier molecular flexibility index (Phi) is 7.93. The standard InChI is InChI=1S/C19H19ClFNO5S.H2S/c1-26-17-6-5-13(28(24,25)11-12-7-8-27-10-12)9-14(17)19(23)22-18-15(20)3-2-4-16(18)21;/h2-6,9,12H,7-8,10-11H2,1H3,(H,22,23);1H2/t12-;/m0./s1. The molecule has 1 fully saturated rings. The molecule has 0 aliphatic carbocycles.